The van der Waals surface area contributed by atoms with Crippen molar-refractivity contribution in [1.29, 1.82) is 0 Å². The third-order valence-corrected chi connectivity index (χ3v) is 2.60. The first-order valence-corrected chi connectivity index (χ1v) is 4.76. The van der Waals surface area contributed by atoms with Crippen molar-refractivity contribution in [2.75, 3.05) is 32.7 Å². The van der Waals surface area contributed by atoms with Gasteiger partial charge in [-0.3, -0.25) is 4.67 Å². The van der Waals surface area contributed by atoms with Crippen LogP contribution < -0.4 is 0 Å². The third kappa shape index (κ3) is 3.55. The van der Waals surface area contributed by atoms with Crippen molar-refractivity contribution in [2.45, 2.75) is 12.7 Å². The lowest BCUT2D eigenvalue weighted by molar-refractivity contribution is 0.196. The van der Waals surface area contributed by atoms with Crippen LogP contribution in [0.15, 0.2) is 0 Å². The van der Waals surface area contributed by atoms with Crippen LogP contribution in [0, 0.1) is 0 Å². The molecule has 11 heavy (non-hydrogen) atoms. The van der Waals surface area contributed by atoms with E-state index in [1.54, 1.807) is 0 Å². The van der Waals surface area contributed by atoms with Gasteiger partial charge in [-0.05, 0) is 13.0 Å². The molecule has 0 aromatic heterocycles. The molecule has 1 unspecified atom stereocenters. The zero-order valence-electron chi connectivity index (χ0n) is 7.00. The highest BCUT2D eigenvalue weighted by Gasteiger charge is 2.12. The quantitative estimate of drug-likeness (QED) is 0.446. The average molecular weight is 170 g/mol. The van der Waals surface area contributed by atoms with Gasteiger partial charge in [0.05, 0.1) is 7.85 Å². The Hall–Kier alpha value is 0.415. The van der Waals surface area contributed by atoms with Crippen molar-refractivity contribution in [3.8, 4) is 0 Å². The fourth-order valence-electron chi connectivity index (χ4n) is 1.30. The third-order valence-electron chi connectivity index (χ3n) is 2.09. The molecular weight excluding hydrogens is 154 g/mol. The summed E-state index contributed by atoms with van der Waals surface area (Å²) in [4.78, 5) is 2.48. The molecule has 1 saturated heterocycles. The molecule has 4 heteroatoms. The van der Waals surface area contributed by atoms with Gasteiger partial charge < -0.3 is 4.90 Å². The van der Waals surface area contributed by atoms with Crippen molar-refractivity contribution in [2.24, 2.45) is 0 Å². The summed E-state index contributed by atoms with van der Waals surface area (Å²) in [6.45, 7) is 5.92. The average Bonchev–Trinajstić information content (AvgIpc) is 2.04. The molecule has 1 rings (SSSR count). The SMILES string of the molecule is [B]CCCN1CCN(P)CC1. The summed E-state index contributed by atoms with van der Waals surface area (Å²) in [6.07, 6.45) is 1.96. The number of rotatable bonds is 3. The van der Waals surface area contributed by atoms with Crippen LogP contribution >= 0.6 is 9.39 Å². The van der Waals surface area contributed by atoms with Gasteiger partial charge >= 0.3 is 0 Å². The van der Waals surface area contributed by atoms with E-state index in [1.807, 2.05) is 0 Å². The standard InChI is InChI=1S/C7H16BN2P/c8-2-1-3-9-4-6-10(11)7-5-9/h1-7,11H2. The van der Waals surface area contributed by atoms with E-state index in [4.69, 9.17) is 7.85 Å². The van der Waals surface area contributed by atoms with Gasteiger partial charge in [-0.1, -0.05) is 15.7 Å². The highest BCUT2D eigenvalue weighted by Crippen LogP contribution is 2.06. The van der Waals surface area contributed by atoms with Crippen molar-refractivity contribution >= 4 is 17.2 Å². The first kappa shape index (κ1) is 9.50. The molecule has 0 aliphatic carbocycles. The first-order chi connectivity index (χ1) is 5.33. The molecule has 1 aliphatic heterocycles. The molecule has 0 bridgehead atoms. The molecule has 0 aromatic carbocycles. The van der Waals surface area contributed by atoms with E-state index in [-0.39, 0.29) is 0 Å². The maximum Gasteiger partial charge on any atom is 0.0653 e. The van der Waals surface area contributed by atoms with Crippen LogP contribution in [0.4, 0.5) is 0 Å². The molecule has 0 amide bonds. The van der Waals surface area contributed by atoms with Gasteiger partial charge in [0.2, 0.25) is 0 Å². The highest BCUT2D eigenvalue weighted by atomic mass is 31.0. The molecule has 0 aromatic rings. The van der Waals surface area contributed by atoms with E-state index in [0.29, 0.717) is 0 Å². The molecule has 2 radical (unpaired) electrons. The van der Waals surface area contributed by atoms with Crippen LogP contribution in [-0.4, -0.2) is 50.1 Å². The Morgan fingerprint density at radius 2 is 1.82 bits per heavy atom. The van der Waals surface area contributed by atoms with Gasteiger partial charge in [0.1, 0.15) is 0 Å². The fourth-order valence-corrected chi connectivity index (χ4v) is 1.53. The Labute approximate surface area is 73.0 Å². The van der Waals surface area contributed by atoms with Crippen molar-refractivity contribution < 1.29 is 0 Å². The number of hydrogen-bond acceptors (Lipinski definition) is 2. The van der Waals surface area contributed by atoms with Crippen LogP contribution in [0.25, 0.3) is 0 Å². The number of hydrogen-bond donors (Lipinski definition) is 0. The first-order valence-electron chi connectivity index (χ1n) is 4.25. The molecule has 1 aliphatic rings. The van der Waals surface area contributed by atoms with E-state index in [0.717, 1.165) is 12.7 Å². The second-order valence-electron chi connectivity index (χ2n) is 3.02. The second-order valence-corrected chi connectivity index (χ2v) is 3.75. The minimum atomic E-state index is 0.821. The predicted molar refractivity (Wildman–Crippen MR) is 52.9 cm³/mol. The number of piperazine rings is 1. The summed E-state index contributed by atoms with van der Waals surface area (Å²) >= 11 is 0. The minimum Gasteiger partial charge on any atom is -0.301 e. The molecule has 0 saturated carbocycles. The van der Waals surface area contributed by atoms with E-state index >= 15 is 0 Å². The van der Waals surface area contributed by atoms with Gasteiger partial charge in [0.15, 0.2) is 0 Å². The molecule has 1 atom stereocenters. The maximum absolute atomic E-state index is 5.43. The van der Waals surface area contributed by atoms with E-state index < -0.39 is 0 Å². The lowest BCUT2D eigenvalue weighted by Gasteiger charge is -2.31. The minimum absolute atomic E-state index is 0.821. The van der Waals surface area contributed by atoms with Crippen LogP contribution in [-0.2, 0) is 0 Å². The summed E-state index contributed by atoms with van der Waals surface area (Å²) < 4.78 is 2.29. The van der Waals surface area contributed by atoms with Crippen LogP contribution in [0.5, 0.6) is 0 Å². The molecule has 62 valence electrons. The highest BCUT2D eigenvalue weighted by molar-refractivity contribution is 7.13. The lowest BCUT2D eigenvalue weighted by Crippen LogP contribution is -2.42. The zero-order valence-corrected chi connectivity index (χ0v) is 8.15. The monoisotopic (exact) mass is 170 g/mol. The Balaban J connectivity index is 2.07. The number of nitrogens with zero attached hydrogens (tertiary/aromatic N) is 2. The van der Waals surface area contributed by atoms with Crippen LogP contribution in [0.1, 0.15) is 6.42 Å². The summed E-state index contributed by atoms with van der Waals surface area (Å²) in [6, 6.07) is 0. The van der Waals surface area contributed by atoms with E-state index in [1.165, 1.54) is 32.7 Å². The Morgan fingerprint density at radius 3 is 2.36 bits per heavy atom. The van der Waals surface area contributed by atoms with Crippen molar-refractivity contribution in [3.63, 3.8) is 0 Å². The van der Waals surface area contributed by atoms with Gasteiger partial charge in [0.25, 0.3) is 0 Å². The van der Waals surface area contributed by atoms with Gasteiger partial charge in [-0.15, -0.1) is 0 Å². The summed E-state index contributed by atoms with van der Waals surface area (Å²) in [5, 5.41) is 0. The summed E-state index contributed by atoms with van der Waals surface area (Å²) in [7, 11) is 8.18. The van der Waals surface area contributed by atoms with Gasteiger partial charge in [-0.25, -0.2) is 0 Å². The lowest BCUT2D eigenvalue weighted by atomic mass is 10.0. The van der Waals surface area contributed by atoms with E-state index in [9.17, 15) is 0 Å². The molecular formula is C7H16BN2P. The van der Waals surface area contributed by atoms with Crippen LogP contribution in [0.3, 0.4) is 0 Å². The van der Waals surface area contributed by atoms with Crippen molar-refractivity contribution in [3.05, 3.63) is 0 Å². The largest absolute Gasteiger partial charge is 0.301 e. The summed E-state index contributed by atoms with van der Waals surface area (Å²) in [5.41, 5.74) is 0. The fraction of sp³-hybridized carbons (Fsp3) is 1.00. The normalized spacial score (nSPS) is 22.3. The molecule has 1 heterocycles. The Kier molecular flexibility index (Phi) is 4.43. The van der Waals surface area contributed by atoms with Crippen molar-refractivity contribution in [1.82, 2.24) is 9.57 Å². The predicted octanol–water partition coefficient (Wildman–Crippen LogP) is 0.371. The zero-order chi connectivity index (χ0) is 8.10. The molecule has 0 N–H and O–H groups in total. The smallest absolute Gasteiger partial charge is 0.0653 e. The van der Waals surface area contributed by atoms with Crippen LogP contribution in [0.2, 0.25) is 6.32 Å². The molecule has 0 spiro atoms. The second kappa shape index (κ2) is 5.13. The maximum atomic E-state index is 5.43. The topological polar surface area (TPSA) is 6.48 Å². The molecule has 1 fully saturated rings. The Bertz CT molecular complexity index is 102. The van der Waals surface area contributed by atoms with E-state index in [2.05, 4.69) is 19.0 Å². The molecule has 2 nitrogen and oxygen atoms in total. The summed E-state index contributed by atoms with van der Waals surface area (Å²) in [5.74, 6) is 0. The Morgan fingerprint density at radius 1 is 1.18 bits per heavy atom. The van der Waals surface area contributed by atoms with Gasteiger partial charge in [-0.2, -0.15) is 0 Å². The van der Waals surface area contributed by atoms with Gasteiger partial charge in [0, 0.05) is 26.2 Å².